The molecular weight excluding hydrogens is 278 g/mol. The van der Waals surface area contributed by atoms with E-state index < -0.39 is 6.04 Å². The van der Waals surface area contributed by atoms with Crippen molar-refractivity contribution in [2.75, 3.05) is 7.11 Å². The van der Waals surface area contributed by atoms with E-state index in [-0.39, 0.29) is 12.6 Å². The lowest BCUT2D eigenvalue weighted by atomic mass is 10.0. The molecule has 1 atom stereocenters. The van der Waals surface area contributed by atoms with Gasteiger partial charge in [0.05, 0.1) is 7.11 Å². The van der Waals surface area contributed by atoms with Gasteiger partial charge in [-0.2, -0.15) is 0 Å². The molecule has 116 valence electrons. The van der Waals surface area contributed by atoms with E-state index in [0.29, 0.717) is 12.8 Å². The fourth-order valence-corrected chi connectivity index (χ4v) is 2.17. The van der Waals surface area contributed by atoms with Crippen LogP contribution in [0.3, 0.4) is 0 Å². The van der Waals surface area contributed by atoms with Crippen molar-refractivity contribution in [3.8, 4) is 5.75 Å². The molecule has 4 nitrogen and oxygen atoms in total. The number of hydrogen-bond donors (Lipinski definition) is 1. The number of methoxy groups -OCH3 is 1. The molecule has 0 heterocycles. The van der Waals surface area contributed by atoms with Gasteiger partial charge >= 0.3 is 5.97 Å². The number of para-hydroxylation sites is 1. The van der Waals surface area contributed by atoms with E-state index >= 15 is 0 Å². The highest BCUT2D eigenvalue weighted by Gasteiger charge is 2.16. The zero-order chi connectivity index (χ0) is 15.8. The van der Waals surface area contributed by atoms with Crippen molar-refractivity contribution in [1.82, 2.24) is 0 Å². The highest BCUT2D eigenvalue weighted by atomic mass is 16.5. The van der Waals surface area contributed by atoms with E-state index in [9.17, 15) is 4.79 Å². The Labute approximate surface area is 130 Å². The molecule has 0 spiro atoms. The molecule has 0 bridgehead atoms. The highest BCUT2D eigenvalue weighted by Crippen LogP contribution is 2.19. The van der Waals surface area contributed by atoms with Crippen LogP contribution in [0.1, 0.15) is 17.5 Å². The molecule has 0 fully saturated rings. The molecule has 0 saturated heterocycles. The van der Waals surface area contributed by atoms with Crippen molar-refractivity contribution in [2.45, 2.75) is 25.5 Å². The van der Waals surface area contributed by atoms with Gasteiger partial charge in [0, 0.05) is 0 Å². The standard InChI is InChI=1S/C18H21NO3/c1-21-17-10-6-5-9-15(17)11-12-16(19)18(20)22-13-14-7-3-2-4-8-14/h2-10,16H,11-13,19H2,1H3. The number of nitrogens with two attached hydrogens (primary N) is 1. The van der Waals surface area contributed by atoms with Gasteiger partial charge < -0.3 is 15.2 Å². The number of aryl methyl sites for hydroxylation is 1. The molecule has 0 saturated carbocycles. The minimum Gasteiger partial charge on any atom is -0.496 e. The normalized spacial score (nSPS) is 11.7. The van der Waals surface area contributed by atoms with Gasteiger partial charge in [-0.3, -0.25) is 4.79 Å². The van der Waals surface area contributed by atoms with Gasteiger partial charge in [-0.05, 0) is 30.0 Å². The molecule has 0 aliphatic carbocycles. The van der Waals surface area contributed by atoms with E-state index in [1.807, 2.05) is 54.6 Å². The van der Waals surface area contributed by atoms with E-state index in [4.69, 9.17) is 15.2 Å². The maximum Gasteiger partial charge on any atom is 0.323 e. The van der Waals surface area contributed by atoms with Gasteiger partial charge in [0.2, 0.25) is 0 Å². The fraction of sp³-hybridized carbons (Fsp3) is 0.278. The largest absolute Gasteiger partial charge is 0.496 e. The van der Waals surface area contributed by atoms with Crippen LogP contribution in [0.5, 0.6) is 5.75 Å². The number of carbonyl (C=O) groups is 1. The molecule has 2 rings (SSSR count). The molecule has 22 heavy (non-hydrogen) atoms. The maximum atomic E-state index is 11.9. The van der Waals surface area contributed by atoms with Crippen LogP contribution in [0.15, 0.2) is 54.6 Å². The van der Waals surface area contributed by atoms with Crippen LogP contribution < -0.4 is 10.5 Å². The summed E-state index contributed by atoms with van der Waals surface area (Å²) in [5, 5.41) is 0. The summed E-state index contributed by atoms with van der Waals surface area (Å²) >= 11 is 0. The zero-order valence-electron chi connectivity index (χ0n) is 12.7. The van der Waals surface area contributed by atoms with Gasteiger partial charge in [0.15, 0.2) is 0 Å². The molecule has 0 amide bonds. The van der Waals surface area contributed by atoms with Crippen LogP contribution in [-0.2, 0) is 22.6 Å². The average molecular weight is 299 g/mol. The van der Waals surface area contributed by atoms with Crippen LogP contribution in [0, 0.1) is 0 Å². The maximum absolute atomic E-state index is 11.9. The van der Waals surface area contributed by atoms with Crippen LogP contribution in [0.2, 0.25) is 0 Å². The monoisotopic (exact) mass is 299 g/mol. The second-order valence-electron chi connectivity index (χ2n) is 5.05. The number of ether oxygens (including phenoxy) is 2. The highest BCUT2D eigenvalue weighted by molar-refractivity contribution is 5.75. The van der Waals surface area contributed by atoms with Crippen molar-refractivity contribution < 1.29 is 14.3 Å². The van der Waals surface area contributed by atoms with Crippen LogP contribution in [-0.4, -0.2) is 19.1 Å². The quantitative estimate of drug-likeness (QED) is 0.799. The topological polar surface area (TPSA) is 61.5 Å². The molecule has 0 radical (unpaired) electrons. The Bertz CT molecular complexity index is 598. The Morgan fingerprint density at radius 1 is 1.09 bits per heavy atom. The summed E-state index contributed by atoms with van der Waals surface area (Å²) in [7, 11) is 1.63. The van der Waals surface area contributed by atoms with Crippen molar-refractivity contribution in [2.24, 2.45) is 5.73 Å². The zero-order valence-corrected chi connectivity index (χ0v) is 12.7. The number of carbonyl (C=O) groups excluding carboxylic acids is 1. The molecule has 2 aromatic rings. The first-order chi connectivity index (χ1) is 10.7. The summed E-state index contributed by atoms with van der Waals surface area (Å²) in [6.45, 7) is 0.252. The lowest BCUT2D eigenvalue weighted by Crippen LogP contribution is -2.32. The summed E-state index contributed by atoms with van der Waals surface area (Å²) in [5.41, 5.74) is 7.90. The van der Waals surface area contributed by atoms with E-state index in [0.717, 1.165) is 16.9 Å². The Kier molecular flexibility index (Phi) is 5.98. The number of rotatable bonds is 7. The third-order valence-electron chi connectivity index (χ3n) is 3.44. The lowest BCUT2D eigenvalue weighted by Gasteiger charge is -2.13. The van der Waals surface area contributed by atoms with Crippen molar-refractivity contribution >= 4 is 5.97 Å². The SMILES string of the molecule is COc1ccccc1CCC(N)C(=O)OCc1ccccc1. The summed E-state index contributed by atoms with van der Waals surface area (Å²) in [6.07, 6.45) is 1.19. The Morgan fingerprint density at radius 3 is 2.50 bits per heavy atom. The molecule has 0 aliphatic rings. The summed E-state index contributed by atoms with van der Waals surface area (Å²) in [4.78, 5) is 11.9. The van der Waals surface area contributed by atoms with E-state index in [1.165, 1.54) is 0 Å². The lowest BCUT2D eigenvalue weighted by molar-refractivity contribution is -0.146. The van der Waals surface area contributed by atoms with Crippen molar-refractivity contribution in [3.05, 3.63) is 65.7 Å². The second-order valence-corrected chi connectivity index (χ2v) is 5.05. The summed E-state index contributed by atoms with van der Waals surface area (Å²) in [5.74, 6) is 0.436. The molecule has 2 N–H and O–H groups in total. The van der Waals surface area contributed by atoms with Gasteiger partial charge in [-0.25, -0.2) is 0 Å². The van der Waals surface area contributed by atoms with Crippen molar-refractivity contribution in [1.29, 1.82) is 0 Å². The molecule has 1 unspecified atom stereocenters. The first kappa shape index (κ1) is 16.0. The predicted octanol–water partition coefficient (Wildman–Crippen LogP) is 2.70. The third-order valence-corrected chi connectivity index (χ3v) is 3.44. The number of benzene rings is 2. The summed E-state index contributed by atoms with van der Waals surface area (Å²) in [6, 6.07) is 16.7. The average Bonchev–Trinajstić information content (AvgIpc) is 2.58. The minimum absolute atomic E-state index is 0.252. The molecule has 2 aromatic carbocycles. The molecule has 0 aliphatic heterocycles. The molecule has 0 aromatic heterocycles. The number of esters is 1. The predicted molar refractivity (Wildman–Crippen MR) is 85.5 cm³/mol. The van der Waals surface area contributed by atoms with Crippen LogP contribution in [0.4, 0.5) is 0 Å². The summed E-state index contributed by atoms with van der Waals surface area (Å²) < 4.78 is 10.5. The first-order valence-electron chi connectivity index (χ1n) is 7.28. The van der Waals surface area contributed by atoms with Gasteiger partial charge in [-0.15, -0.1) is 0 Å². The van der Waals surface area contributed by atoms with E-state index in [2.05, 4.69) is 0 Å². The van der Waals surface area contributed by atoms with Gasteiger partial charge in [0.25, 0.3) is 0 Å². The first-order valence-corrected chi connectivity index (χ1v) is 7.28. The third kappa shape index (κ3) is 4.60. The Balaban J connectivity index is 1.81. The smallest absolute Gasteiger partial charge is 0.323 e. The van der Waals surface area contributed by atoms with E-state index in [1.54, 1.807) is 7.11 Å². The number of hydrogen-bond acceptors (Lipinski definition) is 4. The molecule has 4 heteroatoms. The molecular formula is C18H21NO3. The van der Waals surface area contributed by atoms with Crippen LogP contribution in [0.25, 0.3) is 0 Å². The Morgan fingerprint density at radius 2 is 1.77 bits per heavy atom. The fourth-order valence-electron chi connectivity index (χ4n) is 2.17. The van der Waals surface area contributed by atoms with Gasteiger partial charge in [0.1, 0.15) is 18.4 Å². The van der Waals surface area contributed by atoms with Crippen molar-refractivity contribution in [3.63, 3.8) is 0 Å². The minimum atomic E-state index is -0.631. The van der Waals surface area contributed by atoms with Crippen LogP contribution >= 0.6 is 0 Å². The Hall–Kier alpha value is -2.33. The second kappa shape index (κ2) is 8.20. The van der Waals surface area contributed by atoms with Gasteiger partial charge in [-0.1, -0.05) is 48.5 Å².